The Balaban J connectivity index is 2.04. The molecule has 2 saturated heterocycles. The summed E-state index contributed by atoms with van der Waals surface area (Å²) in [5.41, 5.74) is 0. The first-order valence-electron chi connectivity index (χ1n) is 5.56. The van der Waals surface area contributed by atoms with Crippen LogP contribution in [-0.4, -0.2) is 56.9 Å². The van der Waals surface area contributed by atoms with Gasteiger partial charge in [-0.3, -0.25) is 4.79 Å². The lowest BCUT2D eigenvalue weighted by Crippen LogP contribution is -2.41. The van der Waals surface area contributed by atoms with Crippen molar-refractivity contribution in [2.45, 2.75) is 13.0 Å². The zero-order chi connectivity index (χ0) is 11.9. The molecule has 0 radical (unpaired) electrons. The molecule has 2 aliphatic heterocycles. The van der Waals surface area contributed by atoms with Crippen molar-refractivity contribution in [3.63, 3.8) is 0 Å². The summed E-state index contributed by atoms with van der Waals surface area (Å²) in [6, 6.07) is 0.161. The highest BCUT2D eigenvalue weighted by Gasteiger charge is 2.43. The van der Waals surface area contributed by atoms with Gasteiger partial charge >= 0.3 is 0 Å². The zero-order valence-electron chi connectivity index (χ0n) is 9.64. The number of sulfone groups is 1. The largest absolute Gasteiger partial charge is 0.338 e. The minimum Gasteiger partial charge on any atom is -0.338 e. The molecule has 1 amide bonds. The molecular formula is C10H18N2O3S. The van der Waals surface area contributed by atoms with Crippen LogP contribution in [0, 0.1) is 11.8 Å². The van der Waals surface area contributed by atoms with Crippen molar-refractivity contribution in [3.05, 3.63) is 0 Å². The lowest BCUT2D eigenvalue weighted by atomic mass is 9.95. The maximum Gasteiger partial charge on any atom is 0.238 e. The van der Waals surface area contributed by atoms with Crippen molar-refractivity contribution in [3.8, 4) is 0 Å². The van der Waals surface area contributed by atoms with Crippen LogP contribution in [0.4, 0.5) is 0 Å². The molecule has 0 bridgehead atoms. The molecule has 0 aromatic carbocycles. The second-order valence-electron chi connectivity index (χ2n) is 4.94. The van der Waals surface area contributed by atoms with E-state index in [1.165, 1.54) is 0 Å². The summed E-state index contributed by atoms with van der Waals surface area (Å²) in [4.78, 5) is 13.6. The van der Waals surface area contributed by atoms with Crippen LogP contribution in [0.2, 0.25) is 0 Å². The number of carbonyl (C=O) groups is 1. The Kier molecular flexibility index (Phi) is 2.96. The van der Waals surface area contributed by atoms with Gasteiger partial charge in [-0.1, -0.05) is 0 Å². The number of fused-ring (bicyclic) bond motifs is 1. The van der Waals surface area contributed by atoms with Crippen LogP contribution >= 0.6 is 0 Å². The van der Waals surface area contributed by atoms with E-state index in [0.717, 1.165) is 19.3 Å². The van der Waals surface area contributed by atoms with Crippen LogP contribution in [0.5, 0.6) is 0 Å². The topological polar surface area (TPSA) is 66.5 Å². The Labute approximate surface area is 96.1 Å². The molecule has 2 fully saturated rings. The van der Waals surface area contributed by atoms with Gasteiger partial charge in [0.1, 0.15) is 5.75 Å². The van der Waals surface area contributed by atoms with E-state index in [1.807, 2.05) is 6.92 Å². The van der Waals surface area contributed by atoms with Gasteiger partial charge in [0.2, 0.25) is 5.91 Å². The molecule has 2 heterocycles. The molecule has 0 aliphatic carbocycles. The Bertz CT molecular complexity index is 393. The molecule has 2 rings (SSSR count). The standard InChI is InChI=1S/C10H18N2O3S/c1-7-9-4-11-3-8(9)5-12(7)10(13)6-16(2,14)15/h7-9,11H,3-6H2,1-2H3. The smallest absolute Gasteiger partial charge is 0.238 e. The molecule has 92 valence electrons. The number of nitrogens with one attached hydrogen (secondary N) is 1. The number of likely N-dealkylation sites (tertiary alicyclic amines) is 1. The van der Waals surface area contributed by atoms with Crippen molar-refractivity contribution >= 4 is 15.7 Å². The number of nitrogens with zero attached hydrogens (tertiary/aromatic N) is 1. The van der Waals surface area contributed by atoms with Crippen LogP contribution in [0.1, 0.15) is 6.92 Å². The van der Waals surface area contributed by atoms with Crippen molar-refractivity contribution < 1.29 is 13.2 Å². The molecule has 1 N–H and O–H groups in total. The minimum atomic E-state index is -3.21. The molecule has 2 aliphatic rings. The van der Waals surface area contributed by atoms with Crippen LogP contribution in [0.15, 0.2) is 0 Å². The summed E-state index contributed by atoms with van der Waals surface area (Å²) >= 11 is 0. The second-order valence-corrected chi connectivity index (χ2v) is 7.08. The first kappa shape index (κ1) is 11.9. The first-order valence-corrected chi connectivity index (χ1v) is 7.62. The summed E-state index contributed by atoms with van der Waals surface area (Å²) in [6.45, 7) is 4.59. The summed E-state index contributed by atoms with van der Waals surface area (Å²) in [7, 11) is -3.21. The van der Waals surface area contributed by atoms with Crippen molar-refractivity contribution in [1.29, 1.82) is 0 Å². The van der Waals surface area contributed by atoms with E-state index >= 15 is 0 Å². The molecule has 6 heteroatoms. The van der Waals surface area contributed by atoms with Gasteiger partial charge in [-0.2, -0.15) is 0 Å². The Hall–Kier alpha value is -0.620. The normalized spacial score (nSPS) is 34.1. The number of amides is 1. The fourth-order valence-electron chi connectivity index (χ4n) is 2.80. The first-order chi connectivity index (χ1) is 7.38. The Morgan fingerprint density at radius 2 is 2.12 bits per heavy atom. The average Bonchev–Trinajstić information content (AvgIpc) is 2.66. The van der Waals surface area contributed by atoms with Crippen LogP contribution in [0.25, 0.3) is 0 Å². The highest BCUT2D eigenvalue weighted by atomic mass is 32.2. The molecule has 0 aromatic rings. The lowest BCUT2D eigenvalue weighted by Gasteiger charge is -2.24. The second kappa shape index (κ2) is 4.00. The number of carbonyl (C=O) groups excluding carboxylic acids is 1. The Morgan fingerprint density at radius 1 is 1.44 bits per heavy atom. The highest BCUT2D eigenvalue weighted by Crippen LogP contribution is 2.32. The summed E-state index contributed by atoms with van der Waals surface area (Å²) in [6.07, 6.45) is 1.11. The number of hydrogen-bond donors (Lipinski definition) is 1. The highest BCUT2D eigenvalue weighted by molar-refractivity contribution is 7.91. The van der Waals surface area contributed by atoms with E-state index in [1.54, 1.807) is 4.90 Å². The Morgan fingerprint density at radius 3 is 2.69 bits per heavy atom. The van der Waals surface area contributed by atoms with Gasteiger partial charge in [0.05, 0.1) is 0 Å². The minimum absolute atomic E-state index is 0.161. The molecule has 0 aromatic heterocycles. The lowest BCUT2D eigenvalue weighted by molar-refractivity contribution is -0.129. The van der Waals surface area contributed by atoms with Gasteiger partial charge < -0.3 is 10.2 Å². The van der Waals surface area contributed by atoms with Crippen LogP contribution < -0.4 is 5.32 Å². The average molecular weight is 246 g/mol. The van der Waals surface area contributed by atoms with Gasteiger partial charge in [-0.05, 0) is 18.8 Å². The van der Waals surface area contributed by atoms with Crippen LogP contribution in [-0.2, 0) is 14.6 Å². The zero-order valence-corrected chi connectivity index (χ0v) is 10.5. The molecule has 16 heavy (non-hydrogen) atoms. The van der Waals surface area contributed by atoms with Crippen molar-refractivity contribution in [2.75, 3.05) is 31.6 Å². The van der Waals surface area contributed by atoms with Crippen molar-refractivity contribution in [2.24, 2.45) is 11.8 Å². The fourth-order valence-corrected chi connectivity index (χ4v) is 3.42. The third-order valence-corrected chi connectivity index (χ3v) is 4.41. The van der Waals surface area contributed by atoms with Gasteiger partial charge in [0, 0.05) is 31.9 Å². The van der Waals surface area contributed by atoms with Gasteiger partial charge in [-0.25, -0.2) is 8.42 Å². The quantitative estimate of drug-likeness (QED) is 0.685. The molecule has 0 spiro atoms. The monoisotopic (exact) mass is 246 g/mol. The summed E-state index contributed by atoms with van der Waals surface area (Å²) in [5, 5.41) is 3.31. The van der Waals surface area contributed by atoms with E-state index in [-0.39, 0.29) is 17.7 Å². The van der Waals surface area contributed by atoms with Crippen LogP contribution in [0.3, 0.4) is 0 Å². The fraction of sp³-hybridized carbons (Fsp3) is 0.900. The number of hydrogen-bond acceptors (Lipinski definition) is 4. The molecule has 5 nitrogen and oxygen atoms in total. The number of rotatable bonds is 2. The van der Waals surface area contributed by atoms with Gasteiger partial charge in [0.15, 0.2) is 9.84 Å². The van der Waals surface area contributed by atoms with E-state index in [2.05, 4.69) is 5.32 Å². The molecule has 3 atom stereocenters. The summed E-state index contributed by atoms with van der Waals surface area (Å²) < 4.78 is 22.2. The maximum absolute atomic E-state index is 11.8. The third-order valence-electron chi connectivity index (χ3n) is 3.64. The maximum atomic E-state index is 11.8. The van der Waals surface area contributed by atoms with E-state index in [4.69, 9.17) is 0 Å². The van der Waals surface area contributed by atoms with E-state index in [9.17, 15) is 13.2 Å². The summed E-state index contributed by atoms with van der Waals surface area (Å²) in [5.74, 6) is 0.385. The molecular weight excluding hydrogens is 228 g/mol. The SMILES string of the molecule is CC1C2CNCC2CN1C(=O)CS(C)(=O)=O. The van der Waals surface area contributed by atoms with Gasteiger partial charge in [-0.15, -0.1) is 0 Å². The third kappa shape index (κ3) is 2.22. The predicted molar refractivity (Wildman–Crippen MR) is 60.7 cm³/mol. The van der Waals surface area contributed by atoms with Gasteiger partial charge in [0.25, 0.3) is 0 Å². The van der Waals surface area contributed by atoms with Crippen molar-refractivity contribution in [1.82, 2.24) is 10.2 Å². The molecule has 0 saturated carbocycles. The van der Waals surface area contributed by atoms with E-state index < -0.39 is 9.84 Å². The molecule has 3 unspecified atom stereocenters. The predicted octanol–water partition coefficient (Wildman–Crippen LogP) is -0.903. The van der Waals surface area contributed by atoms with E-state index in [0.29, 0.717) is 18.4 Å².